The van der Waals surface area contributed by atoms with Crippen LogP contribution in [0.25, 0.3) is 5.52 Å². The minimum absolute atomic E-state index is 0.125. The molecule has 0 aliphatic rings. The fourth-order valence-electron chi connectivity index (χ4n) is 1.25. The molecule has 0 spiro atoms. The molecule has 6 nitrogen and oxygen atoms in total. The quantitative estimate of drug-likeness (QED) is 0.727. The van der Waals surface area contributed by atoms with Gasteiger partial charge in [0.15, 0.2) is 5.78 Å². The van der Waals surface area contributed by atoms with Crippen molar-refractivity contribution in [3.8, 4) is 0 Å². The topological polar surface area (TPSA) is 84.6 Å². The molecule has 0 saturated heterocycles. The van der Waals surface area contributed by atoms with Crippen LogP contribution in [0.1, 0.15) is 28.0 Å². The van der Waals surface area contributed by atoms with Crippen molar-refractivity contribution in [1.82, 2.24) is 14.6 Å². The molecule has 0 bridgehead atoms. The molecule has 0 fully saturated rings. The molecule has 15 heavy (non-hydrogen) atoms. The lowest BCUT2D eigenvalue weighted by molar-refractivity contribution is 0.0680. The van der Waals surface area contributed by atoms with E-state index in [2.05, 4.69) is 10.1 Å². The van der Waals surface area contributed by atoms with E-state index in [1.165, 1.54) is 23.7 Å². The predicted molar refractivity (Wildman–Crippen MR) is 50.0 cm³/mol. The van der Waals surface area contributed by atoms with Crippen LogP contribution in [-0.4, -0.2) is 31.5 Å². The second-order valence-electron chi connectivity index (χ2n) is 2.99. The summed E-state index contributed by atoms with van der Waals surface area (Å²) in [7, 11) is 0. The Morgan fingerprint density at radius 1 is 1.47 bits per heavy atom. The number of nitrogens with zero attached hydrogens (tertiary/aromatic N) is 3. The molecule has 0 radical (unpaired) electrons. The Bertz CT molecular complexity index is 559. The molecule has 0 aliphatic carbocycles. The third kappa shape index (κ3) is 1.45. The highest BCUT2D eigenvalue weighted by Crippen LogP contribution is 2.08. The van der Waals surface area contributed by atoms with Gasteiger partial charge in [-0.3, -0.25) is 4.79 Å². The predicted octanol–water partition coefficient (Wildman–Crippen LogP) is 0.630. The van der Waals surface area contributed by atoms with Gasteiger partial charge in [-0.1, -0.05) is 0 Å². The first kappa shape index (κ1) is 9.32. The number of hydrogen-bond acceptors (Lipinski definition) is 4. The van der Waals surface area contributed by atoms with Gasteiger partial charge in [-0.15, -0.1) is 0 Å². The maximum Gasteiger partial charge on any atom is 0.374 e. The average molecular weight is 205 g/mol. The van der Waals surface area contributed by atoms with E-state index >= 15 is 0 Å². The first-order valence-corrected chi connectivity index (χ1v) is 4.18. The minimum atomic E-state index is -1.22. The van der Waals surface area contributed by atoms with E-state index in [0.29, 0.717) is 5.52 Å². The van der Waals surface area contributed by atoms with Gasteiger partial charge in [0.05, 0.1) is 11.7 Å². The van der Waals surface area contributed by atoms with Gasteiger partial charge >= 0.3 is 5.97 Å². The van der Waals surface area contributed by atoms with Crippen LogP contribution in [0.4, 0.5) is 0 Å². The van der Waals surface area contributed by atoms with E-state index in [1.807, 2.05) is 0 Å². The summed E-state index contributed by atoms with van der Waals surface area (Å²) in [5.41, 5.74) is 0.660. The molecule has 0 saturated carbocycles. The molecule has 6 heteroatoms. The Kier molecular flexibility index (Phi) is 1.96. The SMILES string of the molecule is CC(=O)c1cc2ccnn2c(C(=O)O)n1. The van der Waals surface area contributed by atoms with Crippen molar-refractivity contribution in [3.05, 3.63) is 29.8 Å². The van der Waals surface area contributed by atoms with Gasteiger partial charge in [-0.25, -0.2) is 14.3 Å². The molecular weight excluding hydrogens is 198 g/mol. The average Bonchev–Trinajstić information content (AvgIpc) is 2.62. The summed E-state index contributed by atoms with van der Waals surface area (Å²) in [5.74, 6) is -1.75. The van der Waals surface area contributed by atoms with Crippen LogP contribution in [0.5, 0.6) is 0 Å². The lowest BCUT2D eigenvalue weighted by Gasteiger charge is -2.01. The molecule has 2 heterocycles. The lowest BCUT2D eigenvalue weighted by atomic mass is 10.3. The van der Waals surface area contributed by atoms with Gasteiger partial charge < -0.3 is 5.11 Å². The number of rotatable bonds is 2. The van der Waals surface area contributed by atoms with Gasteiger partial charge in [0.2, 0.25) is 5.82 Å². The number of Topliss-reactive ketones (excluding diaryl/α,β-unsaturated/α-hetero) is 1. The van der Waals surface area contributed by atoms with Crippen molar-refractivity contribution in [1.29, 1.82) is 0 Å². The fraction of sp³-hybridized carbons (Fsp3) is 0.111. The van der Waals surface area contributed by atoms with Crippen molar-refractivity contribution in [2.75, 3.05) is 0 Å². The number of fused-ring (bicyclic) bond motifs is 1. The first-order chi connectivity index (χ1) is 7.09. The highest BCUT2D eigenvalue weighted by atomic mass is 16.4. The summed E-state index contributed by atoms with van der Waals surface area (Å²) in [6, 6.07) is 3.11. The summed E-state index contributed by atoms with van der Waals surface area (Å²) in [4.78, 5) is 25.7. The molecule has 0 aliphatic heterocycles. The number of aromatic carboxylic acids is 1. The van der Waals surface area contributed by atoms with Gasteiger partial charge in [-0.05, 0) is 12.1 Å². The Morgan fingerprint density at radius 2 is 2.20 bits per heavy atom. The Hall–Kier alpha value is -2.24. The van der Waals surface area contributed by atoms with Crippen LogP contribution < -0.4 is 0 Å². The monoisotopic (exact) mass is 205 g/mol. The summed E-state index contributed by atoms with van der Waals surface area (Å²) < 4.78 is 1.18. The molecular formula is C9H7N3O3. The molecule has 0 amide bonds. The first-order valence-electron chi connectivity index (χ1n) is 4.18. The molecule has 0 unspecified atom stereocenters. The molecule has 2 rings (SSSR count). The number of carbonyl (C=O) groups excluding carboxylic acids is 1. The van der Waals surface area contributed by atoms with Crippen LogP contribution in [0, 0.1) is 0 Å². The normalized spacial score (nSPS) is 10.5. The standard InChI is InChI=1S/C9H7N3O3/c1-5(13)7-4-6-2-3-10-12(6)8(11-7)9(14)15/h2-4H,1H3,(H,14,15). The van der Waals surface area contributed by atoms with Crippen molar-refractivity contribution in [2.45, 2.75) is 6.92 Å². The molecule has 2 aromatic heterocycles. The Labute approximate surface area is 84.2 Å². The summed E-state index contributed by atoms with van der Waals surface area (Å²) in [6.45, 7) is 1.33. The molecule has 0 atom stereocenters. The number of carboxylic acid groups (broad SMARTS) is 1. The fourth-order valence-corrected chi connectivity index (χ4v) is 1.25. The van der Waals surface area contributed by atoms with Gasteiger partial charge in [-0.2, -0.15) is 5.10 Å². The van der Waals surface area contributed by atoms with Gasteiger partial charge in [0.1, 0.15) is 5.69 Å². The Balaban J connectivity index is 2.80. The van der Waals surface area contributed by atoms with E-state index in [1.54, 1.807) is 6.07 Å². The lowest BCUT2D eigenvalue weighted by Crippen LogP contribution is -2.12. The summed E-state index contributed by atoms with van der Waals surface area (Å²) >= 11 is 0. The number of ketones is 1. The smallest absolute Gasteiger partial charge is 0.374 e. The Morgan fingerprint density at radius 3 is 2.80 bits per heavy atom. The molecule has 2 aromatic rings. The largest absolute Gasteiger partial charge is 0.475 e. The summed E-state index contributed by atoms with van der Waals surface area (Å²) in [6.07, 6.45) is 1.45. The third-order valence-corrected chi connectivity index (χ3v) is 1.94. The van der Waals surface area contributed by atoms with Crippen LogP contribution in [-0.2, 0) is 0 Å². The van der Waals surface area contributed by atoms with Crippen LogP contribution in [0.2, 0.25) is 0 Å². The van der Waals surface area contributed by atoms with Crippen LogP contribution in [0.15, 0.2) is 18.3 Å². The number of aromatic nitrogens is 3. The zero-order valence-electron chi connectivity index (χ0n) is 7.84. The maximum atomic E-state index is 11.1. The molecule has 1 N–H and O–H groups in total. The summed E-state index contributed by atoms with van der Waals surface area (Å²) in [5, 5.41) is 12.7. The van der Waals surface area contributed by atoms with Crippen molar-refractivity contribution < 1.29 is 14.7 Å². The third-order valence-electron chi connectivity index (χ3n) is 1.94. The van der Waals surface area contributed by atoms with Gasteiger partial charge in [0.25, 0.3) is 0 Å². The van der Waals surface area contributed by atoms with Crippen molar-refractivity contribution in [2.24, 2.45) is 0 Å². The molecule has 0 aromatic carbocycles. The minimum Gasteiger partial charge on any atom is -0.475 e. The van der Waals surface area contributed by atoms with Crippen molar-refractivity contribution in [3.63, 3.8) is 0 Å². The highest BCUT2D eigenvalue weighted by Gasteiger charge is 2.14. The zero-order chi connectivity index (χ0) is 11.0. The van der Waals surface area contributed by atoms with Gasteiger partial charge in [0, 0.05) is 6.92 Å². The number of hydrogen-bond donors (Lipinski definition) is 1. The van der Waals surface area contributed by atoms with E-state index in [4.69, 9.17) is 5.11 Å². The van der Waals surface area contributed by atoms with Crippen molar-refractivity contribution >= 4 is 17.3 Å². The van der Waals surface area contributed by atoms with Crippen LogP contribution in [0.3, 0.4) is 0 Å². The molecule has 76 valence electrons. The van der Waals surface area contributed by atoms with E-state index in [-0.39, 0.29) is 17.3 Å². The highest BCUT2D eigenvalue weighted by molar-refractivity contribution is 5.95. The number of carboxylic acids is 1. The zero-order valence-corrected chi connectivity index (χ0v) is 7.84. The van der Waals surface area contributed by atoms with Crippen LogP contribution >= 0.6 is 0 Å². The van der Waals surface area contributed by atoms with E-state index < -0.39 is 5.97 Å². The van der Waals surface area contributed by atoms with E-state index in [9.17, 15) is 9.59 Å². The maximum absolute atomic E-state index is 11.1. The second-order valence-corrected chi connectivity index (χ2v) is 2.99. The second kappa shape index (κ2) is 3.16. The number of carbonyl (C=O) groups is 2. The van der Waals surface area contributed by atoms with E-state index in [0.717, 1.165) is 0 Å².